The Bertz CT molecular complexity index is 495. The molecule has 0 amide bonds. The molecule has 0 saturated carbocycles. The molecule has 1 heterocycles. The van der Waals surface area contributed by atoms with Gasteiger partial charge in [-0.15, -0.1) is 0 Å². The first-order valence-electron chi connectivity index (χ1n) is 5.73. The number of nitrogens with one attached hydrogen (secondary N) is 1. The summed E-state index contributed by atoms with van der Waals surface area (Å²) in [6, 6.07) is 7.75. The molecule has 96 valence electrons. The van der Waals surface area contributed by atoms with E-state index < -0.39 is 6.23 Å². The second kappa shape index (κ2) is 5.72. The highest BCUT2D eigenvalue weighted by Gasteiger charge is 2.15. The van der Waals surface area contributed by atoms with Crippen LogP contribution in [0.3, 0.4) is 0 Å². The van der Waals surface area contributed by atoms with Gasteiger partial charge in [-0.2, -0.15) is 4.98 Å². The number of hydrogen-bond donors (Lipinski definition) is 3. The lowest BCUT2D eigenvalue weighted by molar-refractivity contribution is 0.101. The number of aryl methyl sites for hydroxylation is 1. The minimum absolute atomic E-state index is 0.138. The van der Waals surface area contributed by atoms with Crippen LogP contribution in [0, 0.1) is 6.92 Å². The molecule has 6 nitrogen and oxygen atoms in total. The molecule has 0 radical (unpaired) electrons. The predicted octanol–water partition coefficient (Wildman–Crippen LogP) is 0.584. The summed E-state index contributed by atoms with van der Waals surface area (Å²) in [6.07, 6.45) is -0.986. The molecule has 4 N–H and O–H groups in total. The lowest BCUT2D eigenvalue weighted by Gasteiger charge is -2.05. The number of nitrogens with zero attached hydrogens (tertiary/aromatic N) is 2. The predicted molar refractivity (Wildman–Crippen MR) is 66.5 cm³/mol. The van der Waals surface area contributed by atoms with Crippen LogP contribution in [-0.4, -0.2) is 28.3 Å². The van der Waals surface area contributed by atoms with E-state index >= 15 is 0 Å². The molecule has 0 spiro atoms. The SMILES string of the molecule is Cc1ccc(-c2noc(C(O)NCCN)n2)cc1. The maximum absolute atomic E-state index is 9.69. The number of nitrogens with two attached hydrogens (primary N) is 1. The van der Waals surface area contributed by atoms with Gasteiger partial charge in [-0.05, 0) is 6.92 Å². The largest absolute Gasteiger partial charge is 0.370 e. The van der Waals surface area contributed by atoms with Gasteiger partial charge in [0.05, 0.1) is 0 Å². The summed E-state index contributed by atoms with van der Waals surface area (Å²) in [5.41, 5.74) is 7.33. The Kier molecular flexibility index (Phi) is 4.03. The topological polar surface area (TPSA) is 97.2 Å². The van der Waals surface area contributed by atoms with Crippen molar-refractivity contribution in [1.82, 2.24) is 15.5 Å². The van der Waals surface area contributed by atoms with Crippen molar-refractivity contribution in [3.05, 3.63) is 35.7 Å². The fraction of sp³-hybridized carbons (Fsp3) is 0.333. The van der Waals surface area contributed by atoms with Crippen molar-refractivity contribution in [3.63, 3.8) is 0 Å². The van der Waals surface area contributed by atoms with E-state index in [1.165, 1.54) is 0 Å². The first-order valence-corrected chi connectivity index (χ1v) is 5.73. The molecular formula is C12H16N4O2. The Labute approximate surface area is 105 Å². The van der Waals surface area contributed by atoms with Crippen molar-refractivity contribution in [2.75, 3.05) is 13.1 Å². The Hall–Kier alpha value is -1.76. The summed E-state index contributed by atoms with van der Waals surface area (Å²) in [5.74, 6) is 0.595. The van der Waals surface area contributed by atoms with Crippen LogP contribution >= 0.6 is 0 Å². The van der Waals surface area contributed by atoms with Gasteiger partial charge >= 0.3 is 0 Å². The first-order chi connectivity index (χ1) is 8.70. The highest BCUT2D eigenvalue weighted by molar-refractivity contribution is 5.54. The normalized spacial score (nSPS) is 12.6. The number of hydrogen-bond acceptors (Lipinski definition) is 6. The molecule has 18 heavy (non-hydrogen) atoms. The van der Waals surface area contributed by atoms with E-state index in [9.17, 15) is 5.11 Å². The van der Waals surface area contributed by atoms with Gasteiger partial charge in [0.2, 0.25) is 5.82 Å². The van der Waals surface area contributed by atoms with Crippen LogP contribution in [0.15, 0.2) is 28.8 Å². The summed E-state index contributed by atoms with van der Waals surface area (Å²) in [7, 11) is 0. The van der Waals surface area contributed by atoms with E-state index in [2.05, 4.69) is 15.5 Å². The zero-order valence-electron chi connectivity index (χ0n) is 10.1. The fourth-order valence-electron chi connectivity index (χ4n) is 1.47. The molecule has 0 fully saturated rings. The molecule has 1 unspecified atom stereocenters. The van der Waals surface area contributed by atoms with E-state index in [1.807, 2.05) is 31.2 Å². The number of aromatic nitrogens is 2. The van der Waals surface area contributed by atoms with Crippen molar-refractivity contribution in [1.29, 1.82) is 0 Å². The van der Waals surface area contributed by atoms with Crippen LogP contribution in [0.4, 0.5) is 0 Å². The number of rotatable bonds is 5. The maximum Gasteiger partial charge on any atom is 0.270 e. The van der Waals surface area contributed by atoms with Gasteiger partial charge < -0.3 is 15.4 Å². The standard InChI is InChI=1S/C12H16N4O2/c1-8-2-4-9(5-3-8)10-15-12(18-16-10)11(17)14-7-6-13/h2-5,11,14,17H,6-7,13H2,1H3. The van der Waals surface area contributed by atoms with Gasteiger partial charge in [0, 0.05) is 18.7 Å². The molecule has 2 aromatic rings. The molecule has 1 atom stereocenters. The van der Waals surface area contributed by atoms with Crippen LogP contribution in [0.25, 0.3) is 11.4 Å². The third-order valence-electron chi connectivity index (χ3n) is 2.47. The van der Waals surface area contributed by atoms with Gasteiger partial charge in [-0.25, -0.2) is 0 Å². The van der Waals surface area contributed by atoms with E-state index in [0.29, 0.717) is 18.9 Å². The lowest BCUT2D eigenvalue weighted by atomic mass is 10.1. The van der Waals surface area contributed by atoms with Crippen LogP contribution in [0.2, 0.25) is 0 Å². The van der Waals surface area contributed by atoms with Crippen LogP contribution in [-0.2, 0) is 0 Å². The van der Waals surface area contributed by atoms with Gasteiger partial charge in [-0.1, -0.05) is 35.0 Å². The fourth-order valence-corrected chi connectivity index (χ4v) is 1.47. The molecule has 1 aromatic carbocycles. The third-order valence-corrected chi connectivity index (χ3v) is 2.47. The average molecular weight is 248 g/mol. The number of benzene rings is 1. The zero-order valence-corrected chi connectivity index (χ0v) is 10.1. The molecule has 0 aliphatic rings. The first kappa shape index (κ1) is 12.7. The molecule has 2 rings (SSSR count). The van der Waals surface area contributed by atoms with Crippen LogP contribution in [0.5, 0.6) is 0 Å². The van der Waals surface area contributed by atoms with Crippen molar-refractivity contribution >= 4 is 0 Å². The van der Waals surface area contributed by atoms with Crippen molar-refractivity contribution in [3.8, 4) is 11.4 Å². The van der Waals surface area contributed by atoms with Crippen molar-refractivity contribution in [2.24, 2.45) is 5.73 Å². The highest BCUT2D eigenvalue weighted by atomic mass is 16.5. The lowest BCUT2D eigenvalue weighted by Crippen LogP contribution is -2.27. The van der Waals surface area contributed by atoms with Crippen LogP contribution < -0.4 is 11.1 Å². The minimum Gasteiger partial charge on any atom is -0.370 e. The highest BCUT2D eigenvalue weighted by Crippen LogP contribution is 2.18. The molecule has 0 aliphatic carbocycles. The second-order valence-electron chi connectivity index (χ2n) is 3.97. The summed E-state index contributed by atoms with van der Waals surface area (Å²) < 4.78 is 4.99. The average Bonchev–Trinajstić information content (AvgIpc) is 2.86. The Morgan fingerprint density at radius 2 is 2.11 bits per heavy atom. The summed E-state index contributed by atoms with van der Waals surface area (Å²) in [4.78, 5) is 4.13. The zero-order chi connectivity index (χ0) is 13.0. The second-order valence-corrected chi connectivity index (χ2v) is 3.97. The summed E-state index contributed by atoms with van der Waals surface area (Å²) in [5, 5.41) is 16.3. The molecule has 0 saturated heterocycles. The van der Waals surface area contributed by atoms with Crippen molar-refractivity contribution in [2.45, 2.75) is 13.2 Å². The van der Waals surface area contributed by atoms with Crippen LogP contribution in [0.1, 0.15) is 17.7 Å². The van der Waals surface area contributed by atoms with E-state index in [-0.39, 0.29) is 5.89 Å². The molecule has 0 bridgehead atoms. The number of aliphatic hydroxyl groups is 1. The smallest absolute Gasteiger partial charge is 0.270 e. The third kappa shape index (κ3) is 2.92. The van der Waals surface area contributed by atoms with E-state index in [1.54, 1.807) is 0 Å². The van der Waals surface area contributed by atoms with Gasteiger partial charge in [-0.3, -0.25) is 5.32 Å². The van der Waals surface area contributed by atoms with E-state index in [4.69, 9.17) is 10.3 Å². The summed E-state index contributed by atoms with van der Waals surface area (Å²) in [6.45, 7) is 2.91. The maximum atomic E-state index is 9.69. The minimum atomic E-state index is -0.986. The Morgan fingerprint density at radius 1 is 1.39 bits per heavy atom. The molecule has 6 heteroatoms. The quantitative estimate of drug-likeness (QED) is 0.670. The Morgan fingerprint density at radius 3 is 2.78 bits per heavy atom. The molecule has 0 aliphatic heterocycles. The number of aliphatic hydroxyl groups excluding tert-OH is 1. The van der Waals surface area contributed by atoms with Crippen molar-refractivity contribution < 1.29 is 9.63 Å². The molecule has 1 aromatic heterocycles. The van der Waals surface area contributed by atoms with Gasteiger partial charge in [0.1, 0.15) is 0 Å². The summed E-state index contributed by atoms with van der Waals surface area (Å²) >= 11 is 0. The monoisotopic (exact) mass is 248 g/mol. The van der Waals surface area contributed by atoms with Gasteiger partial charge in [0.15, 0.2) is 6.23 Å². The molecular weight excluding hydrogens is 232 g/mol. The van der Waals surface area contributed by atoms with Gasteiger partial charge in [0.25, 0.3) is 5.89 Å². The van der Waals surface area contributed by atoms with E-state index in [0.717, 1.165) is 11.1 Å². The Balaban J connectivity index is 2.12.